The topological polar surface area (TPSA) is 210 Å². The fourth-order valence-corrected chi connectivity index (χ4v) is 15.3. The van der Waals surface area contributed by atoms with Crippen LogP contribution >= 0.6 is 34.8 Å². The van der Waals surface area contributed by atoms with Gasteiger partial charge in [-0.15, -0.1) is 11.6 Å². The highest BCUT2D eigenvalue weighted by molar-refractivity contribution is 6.35. The van der Waals surface area contributed by atoms with Gasteiger partial charge < -0.3 is 58.6 Å². The van der Waals surface area contributed by atoms with E-state index in [1.165, 1.54) is 86.6 Å². The molecule has 0 spiro atoms. The molecule has 4 atom stereocenters. The summed E-state index contributed by atoms with van der Waals surface area (Å²) in [6.45, 7) is 27.1. The van der Waals surface area contributed by atoms with E-state index < -0.39 is 87.9 Å². The number of piperazine rings is 2. The number of pyridine rings is 4. The number of amides is 4. The summed E-state index contributed by atoms with van der Waals surface area (Å²) >= 11 is 19.2. The number of hydrogen-bond acceptors (Lipinski definition) is 16. The van der Waals surface area contributed by atoms with E-state index in [0.29, 0.717) is 46.1 Å². The summed E-state index contributed by atoms with van der Waals surface area (Å²) in [6.07, 6.45) is 2.09. The van der Waals surface area contributed by atoms with Crippen LogP contribution in [-0.2, 0) is 19.1 Å². The molecule has 4 aliphatic rings. The van der Waals surface area contributed by atoms with Crippen LogP contribution in [0.2, 0.25) is 10.0 Å². The Kier molecular flexibility index (Phi) is 24.5. The molecule has 0 radical (unpaired) electrons. The number of aromatic nitrogens is 4. The van der Waals surface area contributed by atoms with Gasteiger partial charge in [0.15, 0.2) is 11.6 Å². The molecule has 0 aliphatic carbocycles. The largest absolute Gasteiger partial charge is 0.496 e. The van der Waals surface area contributed by atoms with Gasteiger partial charge in [-0.2, -0.15) is 0 Å². The van der Waals surface area contributed by atoms with Crippen molar-refractivity contribution in [3.63, 3.8) is 0 Å². The minimum Gasteiger partial charge on any atom is -0.496 e. The van der Waals surface area contributed by atoms with Crippen molar-refractivity contribution in [3.05, 3.63) is 150 Å². The fraction of sp³-hybridized carbons (Fsp3) is 0.450. The number of likely N-dealkylation sites (N-methyl/N-ethyl adjacent to an activating group) is 1. The maximum absolute atomic E-state index is 17.9. The Hall–Kier alpha value is -9.21. The highest BCUT2D eigenvalue weighted by Gasteiger charge is 2.50. The van der Waals surface area contributed by atoms with E-state index >= 15 is 22.4 Å². The quantitative estimate of drug-likeness (QED) is 0.0840. The number of anilines is 4. The van der Waals surface area contributed by atoms with E-state index in [1.807, 2.05) is 72.6 Å². The molecule has 584 valence electrons. The second kappa shape index (κ2) is 32.4. The number of carbonyl (C=O) groups excluding carboxylic acids is 4. The smallest absolute Gasteiger partial charge is 0.410 e. The predicted molar refractivity (Wildman–Crippen MR) is 422 cm³/mol. The number of rotatable bonds is 13. The van der Waals surface area contributed by atoms with Gasteiger partial charge in [0, 0.05) is 85.0 Å². The van der Waals surface area contributed by atoms with Crippen molar-refractivity contribution in [2.24, 2.45) is 0 Å². The lowest BCUT2D eigenvalue weighted by atomic mass is 9.95. The van der Waals surface area contributed by atoms with Crippen LogP contribution in [0.25, 0.3) is 55.4 Å². The average molecular weight is 1570 g/mol. The maximum Gasteiger partial charge on any atom is 0.410 e. The van der Waals surface area contributed by atoms with Crippen molar-refractivity contribution in [2.75, 3.05) is 114 Å². The van der Waals surface area contributed by atoms with Crippen LogP contribution in [0.3, 0.4) is 0 Å². The average Bonchev–Trinajstić information content (AvgIpc) is 0.705. The number of hydrogen-bond donors (Lipinski definition) is 1. The highest BCUT2D eigenvalue weighted by Crippen LogP contribution is 2.51. The van der Waals surface area contributed by atoms with Crippen molar-refractivity contribution in [2.45, 2.75) is 144 Å². The summed E-state index contributed by atoms with van der Waals surface area (Å²) < 4.78 is 91.3. The Balaban J connectivity index is 0.000000217. The molecule has 4 amide bonds. The van der Waals surface area contributed by atoms with Crippen LogP contribution in [-0.4, -0.2) is 192 Å². The first-order valence-corrected chi connectivity index (χ1v) is 37.3. The van der Waals surface area contributed by atoms with Crippen molar-refractivity contribution >= 4 is 103 Å². The summed E-state index contributed by atoms with van der Waals surface area (Å²) in [4.78, 5) is 106. The molecule has 1 N–H and O–H groups in total. The molecule has 109 heavy (non-hydrogen) atoms. The molecular formula is C80H95Cl3F4N12O10. The van der Waals surface area contributed by atoms with Crippen LogP contribution in [0.15, 0.2) is 82.6 Å². The molecule has 29 heteroatoms. The maximum atomic E-state index is 17.9. The number of benzene rings is 4. The molecule has 2 fully saturated rings. The first-order valence-electron chi connectivity index (χ1n) is 36.0. The zero-order chi connectivity index (χ0) is 80.2. The third-order valence-electron chi connectivity index (χ3n) is 19.3. The lowest BCUT2D eigenvalue weighted by molar-refractivity contribution is -0.121. The van der Waals surface area contributed by atoms with Crippen LogP contribution in [0.4, 0.5) is 49.9 Å². The van der Waals surface area contributed by atoms with Gasteiger partial charge in [-0.1, -0.05) is 63.0 Å². The highest BCUT2D eigenvalue weighted by atomic mass is 35.5. The second-order valence-electron chi connectivity index (χ2n) is 30.8. The van der Waals surface area contributed by atoms with Crippen LogP contribution in [0.1, 0.15) is 117 Å². The molecule has 8 aromatic rings. The Morgan fingerprint density at radius 3 is 1.41 bits per heavy atom. The summed E-state index contributed by atoms with van der Waals surface area (Å²) in [6, 6.07) is 11.9. The Labute approximate surface area is 647 Å². The third kappa shape index (κ3) is 16.0. The minimum atomic E-state index is -0.961. The Morgan fingerprint density at radius 2 is 1.01 bits per heavy atom. The van der Waals surface area contributed by atoms with Gasteiger partial charge in [-0.25, -0.2) is 27.2 Å². The van der Waals surface area contributed by atoms with E-state index in [0.717, 1.165) is 12.4 Å². The Morgan fingerprint density at radius 1 is 0.587 bits per heavy atom. The second-order valence-corrected chi connectivity index (χ2v) is 32.0. The molecule has 8 heterocycles. The van der Waals surface area contributed by atoms with Crippen LogP contribution < -0.4 is 40.6 Å². The first-order chi connectivity index (χ1) is 51.2. The number of methoxy groups -OCH3 is 2. The lowest BCUT2D eigenvalue weighted by Gasteiger charge is -2.50. The van der Waals surface area contributed by atoms with Gasteiger partial charge in [0.2, 0.25) is 5.91 Å². The summed E-state index contributed by atoms with van der Waals surface area (Å²) in [5.74, 6) is -3.91. The SMILES string of the molecule is CN(C)CCCl.COc1cccc(F)c1-c1c(Cl)cc2c3c(c(=O)n(-c4c(C)ccnc4C(C)C)c2c1F)N(CCN(C)C)C(=O)[C@H]1CN(C(=O)OC(C)(C)C)[C@H](C)CN31.COc1cccc(F)c1-c1c(Cl)cc2c3c(c(=O)n(-c4c(C)ccnc4C(C)C)c2c1F)NC(=O)[C@H]1CN(C(=O)OC(C)(C)C)[C@H](C)CN31. The van der Waals surface area contributed by atoms with Crippen molar-refractivity contribution in [3.8, 4) is 45.1 Å². The molecule has 22 nitrogen and oxygen atoms in total. The number of nitrogens with zero attached hydrogens (tertiary/aromatic N) is 11. The standard InChI is InChI=1S/C40H47ClF2N6O5.C36H38ClF2N5O5.C4H10ClN/c1-21(2)32-33(22(3)14-15-44-32)49-34-24(18-25(41)29(31(34)43)30-26(42)12-11-13-28(30)53-10)35-36(38(49)51)46(17-16-45(8)9)37(50)27-20-47(23(4)19-48(27)35)39(52)54-40(5,6)7;1-17(2)28-30(18(3)12-13-40-28)44-31-20(14-21(37)25(27(31)39)26-22(38)10-9-11-24(26)48-8)32-29(34(44)46)41-33(45)23-16-42(19(4)15-43(23)32)35(47)49-36(5,6)7;1-6(2)4-3-5/h11-15,18,21,23,27H,16-17,19-20H2,1-10H3;9-14,17,19,23H,15-16H2,1-8H3,(H,41,45);3-4H2,1-2H3/t23-,27-;19-,23-;/m11./s1. The van der Waals surface area contributed by atoms with E-state index in [4.69, 9.17) is 53.8 Å². The normalized spacial score (nSPS) is 17.1. The molecule has 0 unspecified atom stereocenters. The molecular weight excluding hydrogens is 1470 g/mol. The monoisotopic (exact) mass is 1560 g/mol. The van der Waals surface area contributed by atoms with E-state index in [-0.39, 0.29) is 133 Å². The van der Waals surface area contributed by atoms with Crippen molar-refractivity contribution < 1.29 is 55.7 Å². The molecule has 0 bridgehead atoms. The van der Waals surface area contributed by atoms with Gasteiger partial charge in [-0.05, 0) is 169 Å². The predicted octanol–water partition coefficient (Wildman–Crippen LogP) is 15.1. The number of carbonyl (C=O) groups is 4. The number of aryl methyl sites for hydroxylation is 2. The minimum absolute atomic E-state index is 0.0443. The van der Waals surface area contributed by atoms with E-state index in [2.05, 4.69) is 15.3 Å². The molecule has 4 aromatic carbocycles. The van der Waals surface area contributed by atoms with Crippen LogP contribution in [0.5, 0.6) is 11.5 Å². The lowest BCUT2D eigenvalue weighted by Crippen LogP contribution is -2.67. The van der Waals surface area contributed by atoms with Crippen molar-refractivity contribution in [1.82, 2.24) is 38.7 Å². The van der Waals surface area contributed by atoms with Gasteiger partial charge in [-0.3, -0.25) is 38.3 Å². The zero-order valence-electron chi connectivity index (χ0n) is 65.2. The number of halogens is 7. The van der Waals surface area contributed by atoms with E-state index in [1.54, 1.807) is 96.6 Å². The molecule has 2 saturated heterocycles. The fourth-order valence-electron chi connectivity index (χ4n) is 14.4. The van der Waals surface area contributed by atoms with Gasteiger partial charge in [0.05, 0.1) is 93.7 Å². The first kappa shape index (κ1) is 82.3. The van der Waals surface area contributed by atoms with E-state index in [9.17, 15) is 24.0 Å². The number of nitrogens with one attached hydrogen (secondary N) is 1. The van der Waals surface area contributed by atoms with Gasteiger partial charge in [0.1, 0.15) is 57.8 Å². The molecule has 12 rings (SSSR count). The van der Waals surface area contributed by atoms with Gasteiger partial charge >= 0.3 is 12.2 Å². The number of fused-ring (bicyclic) bond motifs is 10. The Bertz CT molecular complexity index is 5020. The summed E-state index contributed by atoms with van der Waals surface area (Å²) in [5.41, 5.74) is -0.705. The molecule has 0 saturated carbocycles. The number of ether oxygens (including phenoxy) is 4. The molecule has 4 aliphatic heterocycles. The van der Waals surface area contributed by atoms with Gasteiger partial charge in [0.25, 0.3) is 17.0 Å². The third-order valence-corrected chi connectivity index (χ3v) is 20.1. The summed E-state index contributed by atoms with van der Waals surface area (Å²) in [7, 11) is 10.4. The van der Waals surface area contributed by atoms with Crippen molar-refractivity contribution in [1.29, 1.82) is 0 Å². The van der Waals surface area contributed by atoms with Crippen LogP contribution in [0, 0.1) is 37.1 Å². The zero-order valence-corrected chi connectivity index (χ0v) is 67.5. The summed E-state index contributed by atoms with van der Waals surface area (Å²) in [5, 5.41) is 2.95. The molecule has 4 aromatic heterocycles. The number of alkyl halides is 1.